The number of hydrogen-bond donors (Lipinski definition) is 3. The Kier molecular flexibility index (Phi) is 8.07. The summed E-state index contributed by atoms with van der Waals surface area (Å²) in [6.07, 6.45) is 16.4. The van der Waals surface area contributed by atoms with Crippen LogP contribution >= 0.6 is 0 Å². The molecule has 1 rings (SSSR count). The van der Waals surface area contributed by atoms with Crippen LogP contribution in [-0.4, -0.2) is 21.3 Å². The molecule has 0 saturated carbocycles. The van der Waals surface area contributed by atoms with E-state index in [1.807, 2.05) is 25.2 Å². The zero-order chi connectivity index (χ0) is 19.1. The molecular weight excluding hydrogens is 312 g/mol. The van der Waals surface area contributed by atoms with E-state index in [9.17, 15) is 0 Å². The predicted octanol–water partition coefficient (Wildman–Crippen LogP) is 4.93. The fourth-order valence-electron chi connectivity index (χ4n) is 3.19. The van der Waals surface area contributed by atoms with Gasteiger partial charge in [-0.3, -0.25) is 0 Å². The summed E-state index contributed by atoms with van der Waals surface area (Å²) in [4.78, 5) is 0. The van der Waals surface area contributed by atoms with Crippen LogP contribution in [0.25, 0.3) is 0 Å². The maximum Gasteiger partial charge on any atom is 0.275 e. The Morgan fingerprint density at radius 2 is 1.80 bits per heavy atom. The normalized spacial score (nSPS) is 20.2. The third kappa shape index (κ3) is 8.48. The average molecular weight is 347 g/mol. The van der Waals surface area contributed by atoms with E-state index in [2.05, 4.69) is 45.9 Å². The second-order valence-electron chi connectivity index (χ2n) is 7.80. The molecule has 1 aliphatic rings. The quantitative estimate of drug-likeness (QED) is 0.452. The minimum absolute atomic E-state index is 0.0972. The van der Waals surface area contributed by atoms with Crippen molar-refractivity contribution < 1.29 is 15.3 Å². The zero-order valence-corrected chi connectivity index (χ0v) is 16.3. The summed E-state index contributed by atoms with van der Waals surface area (Å²) in [5.74, 6) is -2.58. The summed E-state index contributed by atoms with van der Waals surface area (Å²) in [6.45, 7) is 10.9. The average Bonchev–Trinajstić information content (AvgIpc) is 2.44. The first kappa shape index (κ1) is 21.6. The van der Waals surface area contributed by atoms with Crippen molar-refractivity contribution in [2.75, 3.05) is 0 Å². The molecule has 0 aromatic heterocycles. The molecule has 140 valence electrons. The van der Waals surface area contributed by atoms with E-state index in [0.717, 1.165) is 5.57 Å². The molecule has 0 atom stereocenters. The van der Waals surface area contributed by atoms with Crippen LogP contribution in [0.2, 0.25) is 0 Å². The highest BCUT2D eigenvalue weighted by molar-refractivity contribution is 5.37. The van der Waals surface area contributed by atoms with Gasteiger partial charge in [0, 0.05) is 6.42 Å². The van der Waals surface area contributed by atoms with Crippen molar-refractivity contribution in [1.29, 1.82) is 0 Å². The Bertz CT molecular complexity index is 593. The minimum atomic E-state index is -2.58. The summed E-state index contributed by atoms with van der Waals surface area (Å²) in [7, 11) is 0. The van der Waals surface area contributed by atoms with Gasteiger partial charge in [0.25, 0.3) is 5.97 Å². The zero-order valence-electron chi connectivity index (χ0n) is 16.3. The van der Waals surface area contributed by atoms with E-state index >= 15 is 0 Å². The van der Waals surface area contributed by atoms with Gasteiger partial charge in [0.2, 0.25) is 0 Å². The lowest BCUT2D eigenvalue weighted by molar-refractivity contribution is -0.313. The van der Waals surface area contributed by atoms with Crippen LogP contribution in [0.5, 0.6) is 0 Å². The van der Waals surface area contributed by atoms with Crippen molar-refractivity contribution in [3.63, 3.8) is 0 Å². The van der Waals surface area contributed by atoms with Gasteiger partial charge in [-0.1, -0.05) is 67.0 Å². The molecule has 0 bridgehead atoms. The highest BCUT2D eigenvalue weighted by Crippen LogP contribution is 2.40. The summed E-state index contributed by atoms with van der Waals surface area (Å²) in [5.41, 5.74) is 5.43. The van der Waals surface area contributed by atoms with Crippen LogP contribution in [-0.2, 0) is 0 Å². The summed E-state index contributed by atoms with van der Waals surface area (Å²) in [5, 5.41) is 26.5. The van der Waals surface area contributed by atoms with Gasteiger partial charge in [-0.25, -0.2) is 0 Å². The van der Waals surface area contributed by atoms with Crippen molar-refractivity contribution in [1.82, 2.24) is 0 Å². The predicted molar refractivity (Wildman–Crippen MR) is 105 cm³/mol. The topological polar surface area (TPSA) is 60.7 Å². The van der Waals surface area contributed by atoms with Crippen molar-refractivity contribution in [2.45, 2.75) is 72.7 Å². The minimum Gasteiger partial charge on any atom is -0.344 e. The van der Waals surface area contributed by atoms with Gasteiger partial charge < -0.3 is 15.3 Å². The van der Waals surface area contributed by atoms with E-state index < -0.39 is 5.97 Å². The van der Waals surface area contributed by atoms with E-state index in [1.165, 1.54) is 36.0 Å². The maximum atomic E-state index is 8.84. The second kappa shape index (κ2) is 9.33. The first-order chi connectivity index (χ1) is 11.5. The van der Waals surface area contributed by atoms with Gasteiger partial charge in [0.15, 0.2) is 0 Å². The highest BCUT2D eigenvalue weighted by atomic mass is 16.7. The molecule has 0 aromatic rings. The Morgan fingerprint density at radius 1 is 1.12 bits per heavy atom. The largest absolute Gasteiger partial charge is 0.344 e. The molecule has 0 saturated heterocycles. The molecule has 0 fully saturated rings. The van der Waals surface area contributed by atoms with Gasteiger partial charge in [0.05, 0.1) is 0 Å². The first-order valence-corrected chi connectivity index (χ1v) is 9.08. The van der Waals surface area contributed by atoms with Gasteiger partial charge in [0.1, 0.15) is 0 Å². The van der Waals surface area contributed by atoms with Gasteiger partial charge >= 0.3 is 0 Å². The lowest BCUT2D eigenvalue weighted by Gasteiger charge is -2.32. The van der Waals surface area contributed by atoms with Gasteiger partial charge in [-0.15, -0.1) is 0 Å². The van der Waals surface area contributed by atoms with E-state index in [0.29, 0.717) is 6.42 Å². The number of hydrogen-bond acceptors (Lipinski definition) is 3. The first-order valence-electron chi connectivity index (χ1n) is 9.08. The van der Waals surface area contributed by atoms with E-state index in [4.69, 9.17) is 15.3 Å². The Hall–Kier alpha value is -1.42. The highest BCUT2D eigenvalue weighted by Gasteiger charge is 2.26. The molecule has 0 spiro atoms. The van der Waals surface area contributed by atoms with Crippen LogP contribution in [0.3, 0.4) is 0 Å². The number of allylic oxidation sites excluding steroid dienone is 10. The molecule has 3 heteroatoms. The van der Waals surface area contributed by atoms with Crippen LogP contribution in [0.4, 0.5) is 0 Å². The van der Waals surface area contributed by atoms with E-state index in [-0.39, 0.29) is 11.8 Å². The lowest BCUT2D eigenvalue weighted by Crippen LogP contribution is -2.26. The van der Waals surface area contributed by atoms with E-state index in [1.54, 1.807) is 0 Å². The Balaban J connectivity index is 2.65. The smallest absolute Gasteiger partial charge is 0.275 e. The number of aliphatic hydroxyl groups is 3. The van der Waals surface area contributed by atoms with Crippen molar-refractivity contribution in [2.24, 2.45) is 5.41 Å². The summed E-state index contributed by atoms with van der Waals surface area (Å²) < 4.78 is 0. The van der Waals surface area contributed by atoms with Gasteiger partial charge in [-0.05, 0) is 57.4 Å². The van der Waals surface area contributed by atoms with Crippen molar-refractivity contribution in [3.8, 4) is 0 Å². The van der Waals surface area contributed by atoms with Crippen LogP contribution in [0.15, 0.2) is 58.7 Å². The second-order valence-corrected chi connectivity index (χ2v) is 7.80. The number of rotatable bonds is 7. The van der Waals surface area contributed by atoms with Gasteiger partial charge in [-0.2, -0.15) is 0 Å². The fourth-order valence-corrected chi connectivity index (χ4v) is 3.19. The van der Waals surface area contributed by atoms with Crippen molar-refractivity contribution >= 4 is 0 Å². The van der Waals surface area contributed by atoms with Crippen LogP contribution in [0, 0.1) is 5.41 Å². The maximum absolute atomic E-state index is 8.84. The monoisotopic (exact) mass is 346 g/mol. The SMILES string of the molecule is CC(C=CC1=C(C)CCCC1(C)C)=CC=CC(C)=CCCC(O)(O)O. The fraction of sp³-hybridized carbons (Fsp3) is 0.545. The molecule has 1 aliphatic carbocycles. The Labute approximate surface area is 152 Å². The van der Waals surface area contributed by atoms with Crippen LogP contribution < -0.4 is 0 Å². The van der Waals surface area contributed by atoms with Crippen LogP contribution in [0.1, 0.15) is 66.7 Å². The molecule has 0 radical (unpaired) electrons. The lowest BCUT2D eigenvalue weighted by atomic mass is 9.72. The third-order valence-corrected chi connectivity index (χ3v) is 4.72. The molecule has 0 unspecified atom stereocenters. The molecule has 0 amide bonds. The summed E-state index contributed by atoms with van der Waals surface area (Å²) in [6, 6.07) is 0. The molecule has 3 nitrogen and oxygen atoms in total. The molecular formula is C22H34O3. The summed E-state index contributed by atoms with van der Waals surface area (Å²) >= 11 is 0. The molecule has 25 heavy (non-hydrogen) atoms. The molecule has 0 aromatic carbocycles. The third-order valence-electron chi connectivity index (χ3n) is 4.72. The molecule has 0 aliphatic heterocycles. The molecule has 0 heterocycles. The van der Waals surface area contributed by atoms with Crippen molar-refractivity contribution in [3.05, 3.63) is 58.7 Å². The Morgan fingerprint density at radius 3 is 2.40 bits per heavy atom. The standard InChI is InChI=1S/C22H34O3/c1-17(11-7-16-22(23,24)25)9-6-10-18(2)13-14-20-19(3)12-8-15-21(20,4)5/h6,9-11,13-14,23-25H,7-8,12,15-16H2,1-5H3. The molecule has 3 N–H and O–H groups in total.